The fraction of sp³-hybridized carbons (Fsp3) is 0.346. The van der Waals surface area contributed by atoms with Gasteiger partial charge in [-0.05, 0) is 72.6 Å². The molecule has 0 spiro atoms. The predicted octanol–water partition coefficient (Wildman–Crippen LogP) is 6.55. The van der Waals surface area contributed by atoms with Gasteiger partial charge in [0, 0.05) is 34.1 Å². The van der Waals surface area contributed by atoms with E-state index >= 15 is 0 Å². The van der Waals surface area contributed by atoms with E-state index in [1.165, 1.54) is 22.4 Å². The number of rotatable bonds is 2. The van der Waals surface area contributed by atoms with Gasteiger partial charge in [-0.25, -0.2) is 0 Å². The third-order valence-electron chi connectivity index (χ3n) is 7.47. The number of Topliss-reactive ketones (excluding diaryl/α,β-unsaturated/α-hetero) is 1. The summed E-state index contributed by atoms with van der Waals surface area (Å²) in [5, 5.41) is 0. The zero-order valence-corrected chi connectivity index (χ0v) is 18.1. The summed E-state index contributed by atoms with van der Waals surface area (Å²) in [5.74, 6) is 2.17. The topological polar surface area (TPSA) is 20.3 Å². The smallest absolute Gasteiger partial charge is 0.159 e. The van der Waals surface area contributed by atoms with E-state index in [0.717, 1.165) is 29.4 Å². The summed E-state index contributed by atoms with van der Waals surface area (Å²) in [6.45, 7) is 2.80. The first kappa shape index (κ1) is 17.7. The van der Waals surface area contributed by atoms with Crippen LogP contribution >= 0.6 is 15.9 Å². The number of benzene rings is 2. The Morgan fingerprint density at radius 3 is 2.45 bits per heavy atom. The van der Waals surface area contributed by atoms with Gasteiger partial charge in [0.1, 0.15) is 0 Å². The molecule has 2 aliphatic carbocycles. The molecule has 0 saturated heterocycles. The molecule has 2 nitrogen and oxygen atoms in total. The third kappa shape index (κ3) is 2.56. The highest BCUT2D eigenvalue weighted by molar-refractivity contribution is 9.10. The second-order valence-electron chi connectivity index (χ2n) is 9.01. The average Bonchev–Trinajstić information content (AvgIpc) is 3.38. The molecule has 0 N–H and O–H groups in total. The second kappa shape index (κ2) is 6.43. The van der Waals surface area contributed by atoms with Crippen LogP contribution in [-0.4, -0.2) is 12.3 Å². The van der Waals surface area contributed by atoms with Crippen LogP contribution in [0.2, 0.25) is 0 Å². The molecule has 2 aliphatic heterocycles. The van der Waals surface area contributed by atoms with E-state index in [-0.39, 0.29) is 5.78 Å². The molecule has 29 heavy (non-hydrogen) atoms. The van der Waals surface area contributed by atoms with Crippen molar-refractivity contribution in [2.24, 2.45) is 11.8 Å². The molecular formula is C26H24BrNO. The van der Waals surface area contributed by atoms with Crippen LogP contribution < -0.4 is 4.90 Å². The number of allylic oxidation sites excluding steroid dienone is 4. The Labute approximate surface area is 180 Å². The first-order valence-electron chi connectivity index (χ1n) is 10.7. The van der Waals surface area contributed by atoms with E-state index < -0.39 is 0 Å². The molecule has 0 fully saturated rings. The lowest BCUT2D eigenvalue weighted by molar-refractivity contribution is 0.101. The Hall–Kier alpha value is -2.13. The predicted molar refractivity (Wildman–Crippen MR) is 121 cm³/mol. The number of nitrogens with zero attached hydrogens (tertiary/aromatic N) is 1. The van der Waals surface area contributed by atoms with Crippen molar-refractivity contribution in [2.75, 3.05) is 11.4 Å². The van der Waals surface area contributed by atoms with Crippen LogP contribution in [0.4, 0.5) is 5.69 Å². The largest absolute Gasteiger partial charge is 0.363 e. The summed E-state index contributed by atoms with van der Waals surface area (Å²) in [7, 11) is 0. The molecule has 0 radical (unpaired) electrons. The van der Waals surface area contributed by atoms with Crippen molar-refractivity contribution >= 4 is 27.4 Å². The van der Waals surface area contributed by atoms with Crippen LogP contribution in [-0.2, 0) is 0 Å². The van der Waals surface area contributed by atoms with Gasteiger partial charge in [-0.2, -0.15) is 0 Å². The molecule has 2 aromatic carbocycles. The van der Waals surface area contributed by atoms with Gasteiger partial charge in [-0.3, -0.25) is 4.79 Å². The summed E-state index contributed by atoms with van der Waals surface area (Å²) in [6, 6.07) is 13.7. The SMILES string of the molecule is CC(=O)c1cc2c3c(c1)[C@@H]1C=CC[C@@H]1[C@H](c1ccc(Br)cc1)N3C[C@@H]1CC=C[C@H]21. The van der Waals surface area contributed by atoms with Crippen molar-refractivity contribution in [1.29, 1.82) is 0 Å². The maximum absolute atomic E-state index is 12.3. The van der Waals surface area contributed by atoms with Gasteiger partial charge in [0.25, 0.3) is 0 Å². The van der Waals surface area contributed by atoms with Gasteiger partial charge in [0.05, 0.1) is 6.04 Å². The van der Waals surface area contributed by atoms with Crippen LogP contribution in [0, 0.1) is 11.8 Å². The van der Waals surface area contributed by atoms with Crippen LogP contribution in [0.3, 0.4) is 0 Å². The van der Waals surface area contributed by atoms with Crippen LogP contribution in [0.5, 0.6) is 0 Å². The molecular weight excluding hydrogens is 422 g/mol. The van der Waals surface area contributed by atoms with E-state index in [1.807, 2.05) is 0 Å². The van der Waals surface area contributed by atoms with E-state index in [2.05, 4.69) is 81.5 Å². The number of halogens is 1. The van der Waals surface area contributed by atoms with E-state index in [9.17, 15) is 4.79 Å². The first-order valence-corrected chi connectivity index (χ1v) is 11.5. The molecule has 2 heterocycles. The monoisotopic (exact) mass is 445 g/mol. The highest BCUT2D eigenvalue weighted by atomic mass is 79.9. The lowest BCUT2D eigenvalue weighted by Crippen LogP contribution is -2.46. The first-order chi connectivity index (χ1) is 14.1. The molecule has 6 rings (SSSR count). The van der Waals surface area contributed by atoms with E-state index in [4.69, 9.17) is 0 Å². The third-order valence-corrected chi connectivity index (χ3v) is 8.00. The molecule has 0 aromatic heterocycles. The van der Waals surface area contributed by atoms with Crippen LogP contribution in [0.15, 0.2) is 65.2 Å². The number of anilines is 1. The molecule has 0 amide bonds. The van der Waals surface area contributed by atoms with Crippen molar-refractivity contribution in [3.63, 3.8) is 0 Å². The van der Waals surface area contributed by atoms with Gasteiger partial charge >= 0.3 is 0 Å². The average molecular weight is 446 g/mol. The molecule has 5 atom stereocenters. The Morgan fingerprint density at radius 2 is 1.69 bits per heavy atom. The Morgan fingerprint density at radius 1 is 1.00 bits per heavy atom. The second-order valence-corrected chi connectivity index (χ2v) is 9.93. The number of carbonyl (C=O) groups is 1. The fourth-order valence-corrected chi connectivity index (χ4v) is 6.48. The number of carbonyl (C=O) groups excluding carboxylic acids is 1. The molecule has 2 aromatic rings. The standard InChI is InChI=1S/C26H24BrNO/c1-15(29)18-12-23-20-5-2-4-17(20)14-28-25(16-8-10-19(27)11-9-16)22-7-3-6-21(22)24(13-18)26(23)28/h2-3,5-6,8-13,17,20-22,25H,4,7,14H2,1H3/t17-,20-,21+,22-,25-/m0/s1. The highest BCUT2D eigenvalue weighted by Crippen LogP contribution is 2.58. The zero-order chi connectivity index (χ0) is 19.7. The molecule has 0 bridgehead atoms. The zero-order valence-electron chi connectivity index (χ0n) is 16.5. The van der Waals surface area contributed by atoms with Crippen molar-refractivity contribution in [3.05, 3.63) is 87.4 Å². The number of hydrogen-bond donors (Lipinski definition) is 0. The summed E-state index contributed by atoms with van der Waals surface area (Å²) in [4.78, 5) is 15.0. The summed E-state index contributed by atoms with van der Waals surface area (Å²) in [5.41, 5.74) is 6.44. The minimum Gasteiger partial charge on any atom is -0.363 e. The van der Waals surface area contributed by atoms with Crippen molar-refractivity contribution in [3.8, 4) is 0 Å². The quantitative estimate of drug-likeness (QED) is 0.385. The maximum Gasteiger partial charge on any atom is 0.159 e. The molecule has 4 aliphatic rings. The summed E-state index contributed by atoms with van der Waals surface area (Å²) in [6.07, 6.45) is 11.7. The van der Waals surface area contributed by atoms with Crippen LogP contribution in [0.1, 0.15) is 64.7 Å². The highest BCUT2D eigenvalue weighted by Gasteiger charge is 2.47. The Balaban J connectivity index is 1.59. The number of hydrogen-bond acceptors (Lipinski definition) is 2. The Bertz CT molecular complexity index is 1050. The number of fused-ring (bicyclic) bond motifs is 4. The van der Waals surface area contributed by atoms with Gasteiger partial charge < -0.3 is 4.90 Å². The normalized spacial score (nSPS) is 30.8. The summed E-state index contributed by atoms with van der Waals surface area (Å²) < 4.78 is 1.13. The van der Waals surface area contributed by atoms with Gasteiger partial charge in [-0.15, -0.1) is 0 Å². The lowest BCUT2D eigenvalue weighted by Gasteiger charge is -2.51. The maximum atomic E-state index is 12.3. The minimum absolute atomic E-state index is 0.174. The minimum atomic E-state index is 0.174. The van der Waals surface area contributed by atoms with Gasteiger partial charge in [0.2, 0.25) is 0 Å². The fourth-order valence-electron chi connectivity index (χ4n) is 6.22. The van der Waals surface area contributed by atoms with Gasteiger partial charge in [-0.1, -0.05) is 52.4 Å². The van der Waals surface area contributed by atoms with Crippen LogP contribution in [0.25, 0.3) is 0 Å². The van der Waals surface area contributed by atoms with Crippen molar-refractivity contribution in [1.82, 2.24) is 0 Å². The molecule has 3 heteroatoms. The van der Waals surface area contributed by atoms with Crippen molar-refractivity contribution < 1.29 is 4.79 Å². The molecule has 146 valence electrons. The summed E-state index contributed by atoms with van der Waals surface area (Å²) >= 11 is 3.60. The van der Waals surface area contributed by atoms with E-state index in [1.54, 1.807) is 6.92 Å². The van der Waals surface area contributed by atoms with Crippen molar-refractivity contribution in [2.45, 2.75) is 37.6 Å². The molecule has 0 unspecified atom stereocenters. The number of ketones is 1. The molecule has 0 saturated carbocycles. The Kier molecular flexibility index (Phi) is 3.93. The van der Waals surface area contributed by atoms with Gasteiger partial charge in [0.15, 0.2) is 5.78 Å². The van der Waals surface area contributed by atoms with E-state index in [0.29, 0.717) is 29.7 Å². The lowest BCUT2D eigenvalue weighted by atomic mass is 9.70.